The molecule has 0 heterocycles. The van der Waals surface area contributed by atoms with Gasteiger partial charge in [-0.2, -0.15) is 0 Å². The van der Waals surface area contributed by atoms with E-state index in [4.69, 9.17) is 5.11 Å². The number of benzene rings is 2. The molecule has 0 fully saturated rings. The minimum atomic E-state index is -3.57. The molecule has 0 spiro atoms. The van der Waals surface area contributed by atoms with E-state index in [9.17, 15) is 23.1 Å². The zero-order valence-electron chi connectivity index (χ0n) is 22.0. The van der Waals surface area contributed by atoms with Gasteiger partial charge in [0.15, 0.2) is 8.32 Å². The lowest BCUT2D eigenvalue weighted by atomic mass is 9.88. The molecule has 2 aromatic rings. The standard InChI is InChI=1S/C26H40N2O6SSi/c1-18(12-19-8-7-9-20(13-19)14-25(30)31)27-17-22(16-26(2,3)36(5,6)34)21-10-11-24(29)23(15-21)28-35(4,32)33/h7-11,13,15,18,22,27-29,34H,12,14,16-17H2,1-6H3,(H,30,31)/t18-,22+/m1/s1. The van der Waals surface area contributed by atoms with Crippen LogP contribution in [0.2, 0.25) is 18.1 Å². The van der Waals surface area contributed by atoms with E-state index >= 15 is 0 Å². The molecule has 10 heteroatoms. The number of aliphatic carboxylic acids is 1. The van der Waals surface area contributed by atoms with E-state index in [1.165, 1.54) is 6.07 Å². The van der Waals surface area contributed by atoms with Gasteiger partial charge in [0.25, 0.3) is 0 Å². The fourth-order valence-electron chi connectivity index (χ4n) is 4.07. The summed E-state index contributed by atoms with van der Waals surface area (Å²) in [5, 5.41) is 22.5. The van der Waals surface area contributed by atoms with Crippen LogP contribution < -0.4 is 10.0 Å². The van der Waals surface area contributed by atoms with E-state index in [1.807, 2.05) is 31.3 Å². The van der Waals surface area contributed by atoms with Gasteiger partial charge in [-0.15, -0.1) is 0 Å². The molecule has 2 aromatic carbocycles. The van der Waals surface area contributed by atoms with Crippen LogP contribution in [0.5, 0.6) is 5.75 Å². The molecule has 0 saturated heterocycles. The predicted octanol–water partition coefficient (Wildman–Crippen LogP) is 4.06. The van der Waals surface area contributed by atoms with Gasteiger partial charge in [-0.1, -0.05) is 44.2 Å². The van der Waals surface area contributed by atoms with Crippen molar-refractivity contribution in [1.29, 1.82) is 0 Å². The molecule has 0 aliphatic carbocycles. The third kappa shape index (κ3) is 9.23. The molecule has 200 valence electrons. The molecule has 0 aliphatic rings. The number of hydrogen-bond acceptors (Lipinski definition) is 6. The highest BCUT2D eigenvalue weighted by Crippen LogP contribution is 2.44. The zero-order valence-corrected chi connectivity index (χ0v) is 23.8. The van der Waals surface area contributed by atoms with Crippen LogP contribution in [0, 0.1) is 0 Å². The number of aromatic hydroxyl groups is 1. The first-order chi connectivity index (χ1) is 16.5. The first-order valence-corrected chi connectivity index (χ1v) is 16.9. The molecule has 0 radical (unpaired) electrons. The van der Waals surface area contributed by atoms with E-state index < -0.39 is 24.3 Å². The third-order valence-electron chi connectivity index (χ3n) is 6.80. The van der Waals surface area contributed by atoms with Gasteiger partial charge in [-0.25, -0.2) is 8.42 Å². The van der Waals surface area contributed by atoms with Gasteiger partial charge in [0.05, 0.1) is 18.4 Å². The number of carboxylic acid groups (broad SMARTS) is 1. The molecule has 0 bridgehead atoms. The number of carbonyl (C=O) groups is 1. The summed E-state index contributed by atoms with van der Waals surface area (Å²) in [6, 6.07) is 12.6. The van der Waals surface area contributed by atoms with Gasteiger partial charge in [0, 0.05) is 12.6 Å². The maximum Gasteiger partial charge on any atom is 0.307 e. The Bertz CT molecular complexity index is 1160. The normalized spacial score (nSPS) is 14.3. The van der Waals surface area contributed by atoms with Crippen LogP contribution >= 0.6 is 0 Å². The second-order valence-corrected chi connectivity index (χ2v) is 17.1. The summed E-state index contributed by atoms with van der Waals surface area (Å²) in [5.74, 6) is -1.07. The van der Waals surface area contributed by atoms with E-state index in [1.54, 1.807) is 18.2 Å². The Morgan fingerprint density at radius 2 is 1.75 bits per heavy atom. The Balaban J connectivity index is 2.25. The smallest absolute Gasteiger partial charge is 0.307 e. The largest absolute Gasteiger partial charge is 0.506 e. The second kappa shape index (κ2) is 11.8. The van der Waals surface area contributed by atoms with E-state index in [0.717, 1.165) is 22.9 Å². The Hall–Kier alpha value is -2.40. The van der Waals surface area contributed by atoms with Crippen molar-refractivity contribution in [2.45, 2.75) is 70.1 Å². The second-order valence-electron chi connectivity index (χ2n) is 10.9. The lowest BCUT2D eigenvalue weighted by Crippen LogP contribution is -2.41. The summed E-state index contributed by atoms with van der Waals surface area (Å²) in [6.45, 7) is 10.6. The summed E-state index contributed by atoms with van der Waals surface area (Å²) in [6.07, 6.45) is 2.40. The fourth-order valence-corrected chi connectivity index (χ4v) is 5.38. The van der Waals surface area contributed by atoms with E-state index in [0.29, 0.717) is 19.4 Å². The number of phenolic OH excluding ortho intramolecular Hbond substituents is 1. The SMILES string of the molecule is C[C@H](Cc1cccc(CC(=O)O)c1)NC[C@H](CC(C)(C)[Si](C)(C)O)c1ccc(O)c(NS(C)(=O)=O)c1. The highest BCUT2D eigenvalue weighted by atomic mass is 32.2. The summed E-state index contributed by atoms with van der Waals surface area (Å²) in [7, 11) is -6.08. The number of hydrogen-bond donors (Lipinski definition) is 5. The molecule has 2 rings (SSSR count). The van der Waals surface area contributed by atoms with Crippen LogP contribution in [-0.4, -0.2) is 56.6 Å². The van der Waals surface area contributed by atoms with Gasteiger partial charge in [-0.05, 0) is 72.6 Å². The highest BCUT2D eigenvalue weighted by Gasteiger charge is 2.40. The summed E-state index contributed by atoms with van der Waals surface area (Å²) in [5.41, 5.74) is 2.78. The molecule has 0 unspecified atom stereocenters. The van der Waals surface area contributed by atoms with E-state index in [-0.39, 0.29) is 34.9 Å². The lowest BCUT2D eigenvalue weighted by molar-refractivity contribution is -0.136. The monoisotopic (exact) mass is 536 g/mol. The molecule has 0 aromatic heterocycles. The zero-order chi connectivity index (χ0) is 27.3. The first-order valence-electron chi connectivity index (χ1n) is 12.0. The number of anilines is 1. The van der Waals surface area contributed by atoms with Crippen molar-refractivity contribution < 1.29 is 28.2 Å². The minimum Gasteiger partial charge on any atom is -0.506 e. The Labute approximate surface area is 216 Å². The molecule has 8 nitrogen and oxygen atoms in total. The number of sulfonamides is 1. The summed E-state index contributed by atoms with van der Waals surface area (Å²) in [4.78, 5) is 21.9. The molecule has 36 heavy (non-hydrogen) atoms. The van der Waals surface area contributed by atoms with Crippen LogP contribution in [0.15, 0.2) is 42.5 Å². The van der Waals surface area contributed by atoms with E-state index in [2.05, 4.69) is 30.8 Å². The molecular formula is C26H40N2O6SSi. The van der Waals surface area contributed by atoms with Gasteiger partial charge in [0.1, 0.15) is 5.75 Å². The third-order valence-corrected chi connectivity index (χ3v) is 10.9. The number of rotatable bonds is 13. The van der Waals surface area contributed by atoms with Gasteiger partial charge >= 0.3 is 5.97 Å². The fraction of sp³-hybridized carbons (Fsp3) is 0.500. The molecule has 0 aliphatic heterocycles. The van der Waals surface area contributed by atoms with Crippen molar-refractivity contribution in [1.82, 2.24) is 5.32 Å². The van der Waals surface area contributed by atoms with Crippen LogP contribution in [0.3, 0.4) is 0 Å². The van der Waals surface area contributed by atoms with Crippen molar-refractivity contribution in [2.24, 2.45) is 0 Å². The van der Waals surface area contributed by atoms with Crippen molar-refractivity contribution in [2.75, 3.05) is 17.5 Å². The average Bonchev–Trinajstić information content (AvgIpc) is 2.70. The highest BCUT2D eigenvalue weighted by molar-refractivity contribution is 7.92. The van der Waals surface area contributed by atoms with Gasteiger partial charge < -0.3 is 20.3 Å². The lowest BCUT2D eigenvalue weighted by Gasteiger charge is -2.38. The Morgan fingerprint density at radius 3 is 2.33 bits per heavy atom. The number of carboxylic acids is 1. The molecule has 0 saturated carbocycles. The predicted molar refractivity (Wildman–Crippen MR) is 147 cm³/mol. The van der Waals surface area contributed by atoms with Crippen molar-refractivity contribution >= 4 is 30.0 Å². The first kappa shape index (κ1) is 29.8. The average molecular weight is 537 g/mol. The Morgan fingerprint density at radius 1 is 1.11 bits per heavy atom. The number of nitrogens with one attached hydrogen (secondary N) is 2. The maximum atomic E-state index is 11.8. The van der Waals surface area contributed by atoms with Crippen molar-refractivity contribution in [3.05, 3.63) is 59.2 Å². The minimum absolute atomic E-state index is 0.0155. The quantitative estimate of drug-likeness (QED) is 0.192. The molecule has 0 amide bonds. The summed E-state index contributed by atoms with van der Waals surface area (Å²) < 4.78 is 25.9. The Kier molecular flexibility index (Phi) is 9.75. The maximum absolute atomic E-state index is 11.8. The molecule has 5 N–H and O–H groups in total. The van der Waals surface area contributed by atoms with Crippen LogP contribution in [0.25, 0.3) is 0 Å². The van der Waals surface area contributed by atoms with Crippen LogP contribution in [0.4, 0.5) is 5.69 Å². The van der Waals surface area contributed by atoms with Gasteiger partial charge in [0.2, 0.25) is 10.0 Å². The molecular weight excluding hydrogens is 496 g/mol. The number of phenols is 1. The van der Waals surface area contributed by atoms with Crippen molar-refractivity contribution in [3.8, 4) is 5.75 Å². The van der Waals surface area contributed by atoms with Crippen molar-refractivity contribution in [3.63, 3.8) is 0 Å². The summed E-state index contributed by atoms with van der Waals surface area (Å²) >= 11 is 0. The molecule has 2 atom stereocenters. The topological polar surface area (TPSA) is 136 Å². The van der Waals surface area contributed by atoms with Crippen LogP contribution in [0.1, 0.15) is 49.8 Å². The van der Waals surface area contributed by atoms with Crippen LogP contribution in [-0.2, 0) is 27.7 Å². The van der Waals surface area contributed by atoms with Gasteiger partial charge in [-0.3, -0.25) is 9.52 Å².